The Morgan fingerprint density at radius 3 is 2.48 bits per heavy atom. The number of hydrogen-bond acceptors (Lipinski definition) is 5. The summed E-state index contributed by atoms with van der Waals surface area (Å²) in [4.78, 5) is 5.00. The molecule has 1 unspecified atom stereocenters. The summed E-state index contributed by atoms with van der Waals surface area (Å²) in [5.41, 5.74) is 12.1. The Kier molecular flexibility index (Phi) is 4.91. The van der Waals surface area contributed by atoms with Crippen LogP contribution in [-0.4, -0.2) is 31.6 Å². The molecular weight excluding hydrogens is 390 g/mol. The number of aliphatic hydroxyl groups is 2. The SMILES string of the molecule is NCc1ccc(-c2nc3cc[n+]4cnn(C(O)CO)c4c3cc2-c2ccccc2)cc1. The van der Waals surface area contributed by atoms with E-state index in [0.29, 0.717) is 12.2 Å². The number of hydrogen-bond donors (Lipinski definition) is 3. The van der Waals surface area contributed by atoms with E-state index in [0.717, 1.165) is 38.9 Å². The Labute approximate surface area is 178 Å². The molecule has 2 aromatic carbocycles. The minimum Gasteiger partial charge on any atom is -0.390 e. The van der Waals surface area contributed by atoms with Crippen LogP contribution in [0.25, 0.3) is 38.9 Å². The summed E-state index contributed by atoms with van der Waals surface area (Å²) in [6.07, 6.45) is 2.32. The van der Waals surface area contributed by atoms with Gasteiger partial charge in [-0.2, -0.15) is 0 Å². The van der Waals surface area contributed by atoms with Crippen molar-refractivity contribution in [3.8, 4) is 22.4 Å². The lowest BCUT2D eigenvalue weighted by Crippen LogP contribution is -2.22. The minimum absolute atomic E-state index is 0.432. The fraction of sp³-hybridized carbons (Fsp3) is 0.125. The minimum atomic E-state index is -1.14. The van der Waals surface area contributed by atoms with Crippen molar-refractivity contribution in [3.05, 3.63) is 84.8 Å². The first-order valence-corrected chi connectivity index (χ1v) is 10.1. The molecule has 31 heavy (non-hydrogen) atoms. The second-order valence-corrected chi connectivity index (χ2v) is 7.37. The third kappa shape index (κ3) is 3.34. The van der Waals surface area contributed by atoms with Crippen molar-refractivity contribution in [1.29, 1.82) is 0 Å². The van der Waals surface area contributed by atoms with Crippen LogP contribution in [0.15, 0.2) is 79.3 Å². The number of fused-ring (bicyclic) bond motifs is 3. The standard InChI is InChI=1S/C24H22N5O2/c25-13-16-6-8-18(9-7-16)23-19(17-4-2-1-3-5-17)12-20-21(27-23)10-11-28-15-26-29(24(20)28)22(31)14-30/h1-12,15,22,30-31H,13-14,25H2/q+1. The Morgan fingerprint density at radius 2 is 1.77 bits per heavy atom. The molecule has 0 fully saturated rings. The molecule has 0 saturated carbocycles. The van der Waals surface area contributed by atoms with Gasteiger partial charge in [-0.1, -0.05) is 59.3 Å². The van der Waals surface area contributed by atoms with Gasteiger partial charge in [-0.05, 0) is 23.3 Å². The van der Waals surface area contributed by atoms with E-state index in [1.807, 2.05) is 71.3 Å². The van der Waals surface area contributed by atoms with Crippen LogP contribution in [0.1, 0.15) is 11.8 Å². The lowest BCUT2D eigenvalue weighted by Gasteiger charge is -2.12. The summed E-state index contributed by atoms with van der Waals surface area (Å²) in [6, 6.07) is 22.2. The molecule has 1 atom stereocenters. The first-order chi connectivity index (χ1) is 15.2. The highest BCUT2D eigenvalue weighted by Crippen LogP contribution is 2.34. The monoisotopic (exact) mass is 412 g/mol. The summed E-state index contributed by atoms with van der Waals surface area (Å²) < 4.78 is 3.22. The zero-order chi connectivity index (χ0) is 21.4. The summed E-state index contributed by atoms with van der Waals surface area (Å²) in [5, 5.41) is 24.8. The Balaban J connectivity index is 1.83. The van der Waals surface area contributed by atoms with Gasteiger partial charge in [0.05, 0.1) is 22.8 Å². The van der Waals surface area contributed by atoms with Crippen LogP contribution < -0.4 is 10.1 Å². The summed E-state index contributed by atoms with van der Waals surface area (Å²) >= 11 is 0. The molecule has 0 radical (unpaired) electrons. The normalized spacial score (nSPS) is 12.5. The van der Waals surface area contributed by atoms with Crippen LogP contribution in [0.2, 0.25) is 0 Å². The largest absolute Gasteiger partial charge is 0.390 e. The molecule has 0 bridgehead atoms. The number of pyridine rings is 2. The number of nitrogens with zero attached hydrogens (tertiary/aromatic N) is 4. The second kappa shape index (κ2) is 7.88. The number of rotatable bonds is 5. The van der Waals surface area contributed by atoms with Gasteiger partial charge >= 0.3 is 0 Å². The summed E-state index contributed by atoms with van der Waals surface area (Å²) in [6.45, 7) is 0.0572. The predicted molar refractivity (Wildman–Crippen MR) is 118 cm³/mol. The third-order valence-electron chi connectivity index (χ3n) is 5.44. The summed E-state index contributed by atoms with van der Waals surface area (Å²) in [7, 11) is 0. The van der Waals surface area contributed by atoms with Gasteiger partial charge in [0.1, 0.15) is 6.61 Å². The van der Waals surface area contributed by atoms with Gasteiger partial charge in [0.15, 0.2) is 0 Å². The maximum absolute atomic E-state index is 10.3. The van der Waals surface area contributed by atoms with E-state index in [2.05, 4.69) is 11.2 Å². The van der Waals surface area contributed by atoms with Crippen LogP contribution in [-0.2, 0) is 6.54 Å². The second-order valence-electron chi connectivity index (χ2n) is 7.37. The first-order valence-electron chi connectivity index (χ1n) is 10.1. The van der Waals surface area contributed by atoms with Crippen molar-refractivity contribution in [2.75, 3.05) is 6.61 Å². The van der Waals surface area contributed by atoms with Crippen LogP contribution in [0.5, 0.6) is 0 Å². The van der Waals surface area contributed by atoms with Gasteiger partial charge in [-0.3, -0.25) is 0 Å². The number of aliphatic hydroxyl groups excluding tert-OH is 2. The van der Waals surface area contributed by atoms with Crippen LogP contribution in [0.3, 0.4) is 0 Å². The fourth-order valence-corrected chi connectivity index (χ4v) is 3.85. The van der Waals surface area contributed by atoms with E-state index in [1.165, 1.54) is 4.68 Å². The van der Waals surface area contributed by atoms with E-state index < -0.39 is 12.8 Å². The van der Waals surface area contributed by atoms with E-state index in [-0.39, 0.29) is 0 Å². The molecule has 154 valence electrons. The fourth-order valence-electron chi connectivity index (χ4n) is 3.85. The van der Waals surface area contributed by atoms with E-state index in [1.54, 1.807) is 6.33 Å². The zero-order valence-electron chi connectivity index (χ0n) is 16.8. The van der Waals surface area contributed by atoms with Crippen molar-refractivity contribution in [1.82, 2.24) is 14.8 Å². The van der Waals surface area contributed by atoms with Gasteiger partial charge in [0.2, 0.25) is 6.23 Å². The molecule has 0 aliphatic rings. The molecule has 0 saturated heterocycles. The highest BCUT2D eigenvalue weighted by atomic mass is 16.3. The van der Waals surface area contributed by atoms with Crippen LogP contribution in [0.4, 0.5) is 0 Å². The molecular formula is C24H22N5O2+. The summed E-state index contributed by atoms with van der Waals surface area (Å²) in [5.74, 6) is 0. The molecule has 4 N–H and O–H groups in total. The molecule has 5 aromatic rings. The van der Waals surface area contributed by atoms with Gasteiger partial charge in [0, 0.05) is 22.8 Å². The molecule has 0 aliphatic carbocycles. The third-order valence-corrected chi connectivity index (χ3v) is 5.44. The molecule has 5 rings (SSSR count). The van der Waals surface area contributed by atoms with Crippen molar-refractivity contribution in [3.63, 3.8) is 0 Å². The molecule has 0 amide bonds. The van der Waals surface area contributed by atoms with E-state index in [4.69, 9.17) is 10.7 Å². The predicted octanol–water partition coefficient (Wildman–Crippen LogP) is 2.45. The molecule has 3 heterocycles. The number of aromatic nitrogens is 4. The highest BCUT2D eigenvalue weighted by Gasteiger charge is 2.23. The lowest BCUT2D eigenvalue weighted by molar-refractivity contribution is -0.511. The number of nitrogens with two attached hydrogens (primary N) is 1. The lowest BCUT2D eigenvalue weighted by atomic mass is 9.97. The topological polar surface area (TPSA) is 101 Å². The number of benzene rings is 2. The molecule has 0 spiro atoms. The van der Waals surface area contributed by atoms with Crippen LogP contribution >= 0.6 is 0 Å². The van der Waals surface area contributed by atoms with Crippen molar-refractivity contribution in [2.24, 2.45) is 5.73 Å². The van der Waals surface area contributed by atoms with Crippen LogP contribution in [0, 0.1) is 0 Å². The molecule has 3 aromatic heterocycles. The van der Waals surface area contributed by atoms with Gasteiger partial charge < -0.3 is 15.9 Å². The van der Waals surface area contributed by atoms with E-state index >= 15 is 0 Å². The maximum atomic E-state index is 10.3. The Hall–Kier alpha value is -3.65. The van der Waals surface area contributed by atoms with Crippen molar-refractivity contribution >= 4 is 16.6 Å². The first kappa shape index (κ1) is 19.3. The van der Waals surface area contributed by atoms with Crippen molar-refractivity contribution < 1.29 is 14.6 Å². The molecule has 0 aliphatic heterocycles. The zero-order valence-corrected chi connectivity index (χ0v) is 16.8. The maximum Gasteiger partial charge on any atom is 0.277 e. The quantitative estimate of drug-likeness (QED) is 0.385. The van der Waals surface area contributed by atoms with Crippen molar-refractivity contribution in [2.45, 2.75) is 12.8 Å². The average molecular weight is 412 g/mol. The van der Waals surface area contributed by atoms with E-state index in [9.17, 15) is 10.2 Å². The van der Waals surface area contributed by atoms with Gasteiger partial charge in [-0.25, -0.2) is 9.38 Å². The smallest absolute Gasteiger partial charge is 0.277 e. The van der Waals surface area contributed by atoms with Gasteiger partial charge in [0.25, 0.3) is 12.0 Å². The Morgan fingerprint density at radius 1 is 1.00 bits per heavy atom. The average Bonchev–Trinajstić information content (AvgIpc) is 3.28. The molecule has 7 nitrogen and oxygen atoms in total. The highest BCUT2D eigenvalue weighted by molar-refractivity contribution is 5.97. The Bertz CT molecular complexity index is 1360. The van der Waals surface area contributed by atoms with Gasteiger partial charge in [-0.15, -0.1) is 0 Å². The molecule has 7 heteroatoms.